The molecule has 0 spiro atoms. The van der Waals surface area contributed by atoms with Crippen LogP contribution in [0.1, 0.15) is 24.0 Å². The number of nitrogens with zero attached hydrogens (tertiary/aromatic N) is 3. The van der Waals surface area contributed by atoms with Crippen molar-refractivity contribution in [2.24, 2.45) is 10.9 Å². The fourth-order valence-corrected chi connectivity index (χ4v) is 3.25. The van der Waals surface area contributed by atoms with Gasteiger partial charge in [-0.25, -0.2) is 4.98 Å². The van der Waals surface area contributed by atoms with Crippen molar-refractivity contribution >= 4 is 17.3 Å². The quantitative estimate of drug-likeness (QED) is 0.632. The molecule has 2 heterocycles. The molecule has 5 nitrogen and oxygen atoms in total. The molecule has 0 aromatic carbocycles. The summed E-state index contributed by atoms with van der Waals surface area (Å²) in [6, 6.07) is 0. The summed E-state index contributed by atoms with van der Waals surface area (Å²) >= 11 is 0.993. The number of likely N-dealkylation sites (tertiary alicyclic amines) is 1. The minimum absolute atomic E-state index is 0.228. The largest absolute Gasteiger partial charge is 0.434 e. The van der Waals surface area contributed by atoms with Crippen molar-refractivity contribution in [3.8, 4) is 0 Å². The highest BCUT2D eigenvalue weighted by Crippen LogP contribution is 2.29. The minimum Gasteiger partial charge on any atom is -0.356 e. The van der Waals surface area contributed by atoms with Crippen molar-refractivity contribution < 1.29 is 13.2 Å². The first-order chi connectivity index (χ1) is 10.9. The van der Waals surface area contributed by atoms with Crippen LogP contribution in [-0.2, 0) is 12.7 Å². The van der Waals surface area contributed by atoms with Crippen LogP contribution in [0.15, 0.2) is 10.4 Å². The van der Waals surface area contributed by atoms with Gasteiger partial charge in [0.1, 0.15) is 5.01 Å². The van der Waals surface area contributed by atoms with Gasteiger partial charge in [0.2, 0.25) is 0 Å². The molecule has 1 aliphatic rings. The summed E-state index contributed by atoms with van der Waals surface area (Å²) in [5, 5.41) is 7.66. The van der Waals surface area contributed by atoms with E-state index in [9.17, 15) is 13.2 Å². The van der Waals surface area contributed by atoms with Crippen molar-refractivity contribution in [1.82, 2.24) is 20.5 Å². The van der Waals surface area contributed by atoms with Crippen LogP contribution >= 0.6 is 11.3 Å². The predicted molar refractivity (Wildman–Crippen MR) is 85.5 cm³/mol. The van der Waals surface area contributed by atoms with Gasteiger partial charge in [-0.05, 0) is 25.4 Å². The summed E-state index contributed by atoms with van der Waals surface area (Å²) in [5.74, 6) is 1.16. The number of guanidine groups is 1. The molecule has 1 atom stereocenters. The lowest BCUT2D eigenvalue weighted by Crippen LogP contribution is -2.39. The first kappa shape index (κ1) is 18.0. The number of aromatic nitrogens is 1. The molecule has 9 heteroatoms. The Kier molecular flexibility index (Phi) is 6.23. The zero-order chi connectivity index (χ0) is 16.9. The number of alkyl halides is 3. The molecule has 1 fully saturated rings. The van der Waals surface area contributed by atoms with Gasteiger partial charge in [-0.1, -0.05) is 6.92 Å². The van der Waals surface area contributed by atoms with Gasteiger partial charge in [0.05, 0.1) is 6.54 Å². The molecule has 23 heavy (non-hydrogen) atoms. The fourth-order valence-electron chi connectivity index (χ4n) is 2.51. The van der Waals surface area contributed by atoms with E-state index in [0.29, 0.717) is 16.9 Å². The highest BCUT2D eigenvalue weighted by atomic mass is 32.1. The predicted octanol–water partition coefficient (Wildman–Crippen LogP) is 2.17. The summed E-state index contributed by atoms with van der Waals surface area (Å²) in [6.45, 7) is 6.44. The highest BCUT2D eigenvalue weighted by Gasteiger charge is 2.33. The third-order valence-electron chi connectivity index (χ3n) is 3.85. The van der Waals surface area contributed by atoms with E-state index in [4.69, 9.17) is 0 Å². The molecule has 130 valence electrons. The third-order valence-corrected chi connectivity index (χ3v) is 4.70. The SMILES string of the molecule is CCN1CCC(CNC(=NC)NCc2nc(C(F)(F)F)cs2)C1. The van der Waals surface area contributed by atoms with E-state index in [0.717, 1.165) is 49.3 Å². The molecular formula is C14H22F3N5S. The van der Waals surface area contributed by atoms with Crippen LogP contribution in [0.2, 0.25) is 0 Å². The molecule has 0 radical (unpaired) electrons. The van der Waals surface area contributed by atoms with Crippen LogP contribution in [-0.4, -0.2) is 49.1 Å². The number of hydrogen-bond donors (Lipinski definition) is 2. The van der Waals surface area contributed by atoms with Gasteiger partial charge >= 0.3 is 6.18 Å². The maximum absolute atomic E-state index is 12.5. The fraction of sp³-hybridized carbons (Fsp3) is 0.714. The molecule has 0 aliphatic carbocycles. The zero-order valence-electron chi connectivity index (χ0n) is 13.3. The Morgan fingerprint density at radius 2 is 2.26 bits per heavy atom. The summed E-state index contributed by atoms with van der Waals surface area (Å²) < 4.78 is 37.5. The lowest BCUT2D eigenvalue weighted by Gasteiger charge is -2.16. The number of rotatable bonds is 5. The number of nitrogens with one attached hydrogen (secondary N) is 2. The first-order valence-corrected chi connectivity index (χ1v) is 8.48. The average Bonchev–Trinajstić information content (AvgIpc) is 3.15. The Labute approximate surface area is 138 Å². The van der Waals surface area contributed by atoms with E-state index in [1.807, 2.05) is 0 Å². The van der Waals surface area contributed by atoms with Crippen molar-refractivity contribution in [1.29, 1.82) is 0 Å². The zero-order valence-corrected chi connectivity index (χ0v) is 14.1. The lowest BCUT2D eigenvalue weighted by atomic mass is 10.1. The molecular weight excluding hydrogens is 327 g/mol. The van der Waals surface area contributed by atoms with E-state index in [1.165, 1.54) is 0 Å². The number of thiazole rings is 1. The molecule has 1 aromatic rings. The molecule has 1 unspecified atom stereocenters. The molecule has 2 rings (SSSR count). The molecule has 0 amide bonds. The standard InChI is InChI=1S/C14H22F3N5S/c1-3-22-5-4-10(8-22)6-19-13(18-2)20-7-12-21-11(9-23-12)14(15,16)17/h9-10H,3-8H2,1-2H3,(H2,18,19,20). The number of halogens is 3. The Morgan fingerprint density at radius 3 is 2.83 bits per heavy atom. The summed E-state index contributed by atoms with van der Waals surface area (Å²) in [5.41, 5.74) is -0.840. The molecule has 2 N–H and O–H groups in total. The Balaban J connectivity index is 1.76. The van der Waals surface area contributed by atoms with Crippen molar-refractivity contribution in [3.05, 3.63) is 16.1 Å². The Hall–Kier alpha value is -1.35. The van der Waals surface area contributed by atoms with Crippen molar-refractivity contribution in [3.63, 3.8) is 0 Å². The summed E-state index contributed by atoms with van der Waals surface area (Å²) in [6.07, 6.45) is -3.23. The normalized spacial score (nSPS) is 20.0. The highest BCUT2D eigenvalue weighted by molar-refractivity contribution is 7.09. The van der Waals surface area contributed by atoms with Gasteiger partial charge in [0.25, 0.3) is 0 Å². The van der Waals surface area contributed by atoms with Gasteiger partial charge in [0, 0.05) is 25.5 Å². The van der Waals surface area contributed by atoms with E-state index < -0.39 is 11.9 Å². The van der Waals surface area contributed by atoms with Crippen LogP contribution in [0.25, 0.3) is 0 Å². The third kappa shape index (κ3) is 5.35. The van der Waals surface area contributed by atoms with Crippen molar-refractivity contribution in [2.45, 2.75) is 26.1 Å². The summed E-state index contributed by atoms with van der Waals surface area (Å²) in [7, 11) is 1.64. The van der Waals surface area contributed by atoms with Crippen molar-refractivity contribution in [2.75, 3.05) is 33.2 Å². The van der Waals surface area contributed by atoms with Gasteiger partial charge in [-0.2, -0.15) is 13.2 Å². The van der Waals surface area contributed by atoms with Gasteiger partial charge in [-0.15, -0.1) is 11.3 Å². The van der Waals surface area contributed by atoms with E-state index in [1.54, 1.807) is 7.05 Å². The van der Waals surface area contributed by atoms with E-state index >= 15 is 0 Å². The number of hydrogen-bond acceptors (Lipinski definition) is 4. The van der Waals surface area contributed by atoms with E-state index in [2.05, 4.69) is 32.4 Å². The maximum Gasteiger partial charge on any atom is 0.434 e. The topological polar surface area (TPSA) is 52.5 Å². The second-order valence-electron chi connectivity index (χ2n) is 5.48. The molecule has 1 aromatic heterocycles. The van der Waals surface area contributed by atoms with E-state index in [-0.39, 0.29) is 6.54 Å². The average molecular weight is 349 g/mol. The lowest BCUT2D eigenvalue weighted by molar-refractivity contribution is -0.140. The first-order valence-electron chi connectivity index (χ1n) is 7.60. The van der Waals surface area contributed by atoms with Crippen LogP contribution in [0, 0.1) is 5.92 Å². The second-order valence-corrected chi connectivity index (χ2v) is 6.42. The van der Waals surface area contributed by atoms with Gasteiger partial charge in [-0.3, -0.25) is 4.99 Å². The summed E-state index contributed by atoms with van der Waals surface area (Å²) in [4.78, 5) is 10.1. The van der Waals surface area contributed by atoms with Gasteiger partial charge in [0.15, 0.2) is 11.7 Å². The van der Waals surface area contributed by atoms with Gasteiger partial charge < -0.3 is 15.5 Å². The van der Waals surface area contributed by atoms with Crippen LogP contribution in [0.3, 0.4) is 0 Å². The molecule has 1 saturated heterocycles. The number of aliphatic imine (C=N–C) groups is 1. The Bertz CT molecular complexity index is 529. The second kappa shape index (κ2) is 7.96. The van der Waals surface area contributed by atoms with Crippen LogP contribution in [0.4, 0.5) is 13.2 Å². The smallest absolute Gasteiger partial charge is 0.356 e. The monoisotopic (exact) mass is 349 g/mol. The maximum atomic E-state index is 12.5. The molecule has 1 aliphatic heterocycles. The van der Waals surface area contributed by atoms with Crippen LogP contribution < -0.4 is 10.6 Å². The minimum atomic E-state index is -4.39. The molecule has 0 saturated carbocycles. The van der Waals surface area contributed by atoms with Crippen LogP contribution in [0.5, 0.6) is 0 Å². The Morgan fingerprint density at radius 1 is 1.48 bits per heavy atom. The molecule has 0 bridgehead atoms.